The SMILES string of the molecule is CCCC(O)c1noc(-c2ccnnc2)n1. The minimum atomic E-state index is -0.669. The summed E-state index contributed by atoms with van der Waals surface area (Å²) in [7, 11) is 0. The normalized spacial score (nSPS) is 12.6. The highest BCUT2D eigenvalue weighted by atomic mass is 16.5. The molecule has 6 nitrogen and oxygen atoms in total. The van der Waals surface area contributed by atoms with Crippen molar-refractivity contribution in [1.82, 2.24) is 20.3 Å². The monoisotopic (exact) mass is 220 g/mol. The maximum atomic E-state index is 9.67. The molecule has 2 aromatic heterocycles. The largest absolute Gasteiger partial charge is 0.385 e. The average Bonchev–Trinajstić information content (AvgIpc) is 2.80. The molecule has 1 atom stereocenters. The van der Waals surface area contributed by atoms with E-state index in [0.717, 1.165) is 6.42 Å². The van der Waals surface area contributed by atoms with Gasteiger partial charge in [0.15, 0.2) is 0 Å². The van der Waals surface area contributed by atoms with E-state index in [2.05, 4.69) is 20.3 Å². The molecular formula is C10H12N4O2. The van der Waals surface area contributed by atoms with Crippen LogP contribution in [0, 0.1) is 0 Å². The molecule has 0 spiro atoms. The van der Waals surface area contributed by atoms with Crippen molar-refractivity contribution in [3.05, 3.63) is 24.3 Å². The van der Waals surface area contributed by atoms with Gasteiger partial charge in [-0.15, -0.1) is 0 Å². The first-order chi connectivity index (χ1) is 7.81. The molecule has 1 N–H and O–H groups in total. The number of nitrogens with zero attached hydrogens (tertiary/aromatic N) is 4. The van der Waals surface area contributed by atoms with Crippen molar-refractivity contribution in [2.45, 2.75) is 25.9 Å². The second-order valence-corrected chi connectivity index (χ2v) is 3.39. The predicted octanol–water partition coefficient (Wildman–Crippen LogP) is 1.36. The number of hydrogen-bond acceptors (Lipinski definition) is 6. The first-order valence-electron chi connectivity index (χ1n) is 5.10. The molecule has 0 bridgehead atoms. The quantitative estimate of drug-likeness (QED) is 0.837. The average molecular weight is 220 g/mol. The van der Waals surface area contributed by atoms with Crippen LogP contribution in [0.1, 0.15) is 31.7 Å². The van der Waals surface area contributed by atoms with Crippen molar-refractivity contribution in [3.8, 4) is 11.5 Å². The second kappa shape index (κ2) is 4.80. The summed E-state index contributed by atoms with van der Waals surface area (Å²) in [6, 6.07) is 1.72. The molecule has 0 aliphatic rings. The predicted molar refractivity (Wildman–Crippen MR) is 55.2 cm³/mol. The van der Waals surface area contributed by atoms with Gasteiger partial charge < -0.3 is 9.63 Å². The smallest absolute Gasteiger partial charge is 0.259 e. The van der Waals surface area contributed by atoms with Gasteiger partial charge in [0.25, 0.3) is 5.89 Å². The van der Waals surface area contributed by atoms with E-state index in [0.29, 0.717) is 23.7 Å². The van der Waals surface area contributed by atoms with Crippen LogP contribution in [-0.4, -0.2) is 25.4 Å². The fourth-order valence-electron chi connectivity index (χ4n) is 1.31. The van der Waals surface area contributed by atoms with Gasteiger partial charge in [0, 0.05) is 0 Å². The van der Waals surface area contributed by atoms with Gasteiger partial charge in [-0.1, -0.05) is 18.5 Å². The van der Waals surface area contributed by atoms with Gasteiger partial charge in [-0.2, -0.15) is 15.2 Å². The Morgan fingerprint density at radius 2 is 2.31 bits per heavy atom. The highest BCUT2D eigenvalue weighted by Crippen LogP contribution is 2.19. The van der Waals surface area contributed by atoms with Gasteiger partial charge in [-0.3, -0.25) is 0 Å². The highest BCUT2D eigenvalue weighted by molar-refractivity contribution is 5.49. The van der Waals surface area contributed by atoms with E-state index in [9.17, 15) is 5.11 Å². The van der Waals surface area contributed by atoms with E-state index in [4.69, 9.17) is 4.52 Å². The zero-order valence-corrected chi connectivity index (χ0v) is 8.87. The molecule has 0 amide bonds. The molecule has 0 aliphatic heterocycles. The standard InChI is InChI=1S/C10H12N4O2/c1-2-3-8(15)9-13-10(16-14-9)7-4-5-11-12-6-7/h4-6,8,15H,2-3H2,1H3. The van der Waals surface area contributed by atoms with E-state index in [-0.39, 0.29) is 0 Å². The Balaban J connectivity index is 2.20. The van der Waals surface area contributed by atoms with Crippen LogP contribution >= 0.6 is 0 Å². The van der Waals surface area contributed by atoms with Crippen molar-refractivity contribution in [3.63, 3.8) is 0 Å². The van der Waals surface area contributed by atoms with Crippen molar-refractivity contribution in [2.75, 3.05) is 0 Å². The van der Waals surface area contributed by atoms with Crippen molar-refractivity contribution in [2.24, 2.45) is 0 Å². The third-order valence-corrected chi connectivity index (χ3v) is 2.13. The lowest BCUT2D eigenvalue weighted by molar-refractivity contribution is 0.153. The molecule has 0 saturated heterocycles. The molecule has 0 aromatic carbocycles. The van der Waals surface area contributed by atoms with Crippen molar-refractivity contribution in [1.29, 1.82) is 0 Å². The molecule has 2 heterocycles. The van der Waals surface area contributed by atoms with Gasteiger partial charge in [-0.25, -0.2) is 0 Å². The summed E-state index contributed by atoms with van der Waals surface area (Å²) in [5.41, 5.74) is 0.692. The Labute approximate surface area is 92.3 Å². The van der Waals surface area contributed by atoms with E-state index in [1.807, 2.05) is 6.92 Å². The van der Waals surface area contributed by atoms with Crippen LogP contribution in [0.4, 0.5) is 0 Å². The minimum absolute atomic E-state index is 0.314. The maximum Gasteiger partial charge on any atom is 0.259 e. The molecule has 0 fully saturated rings. The van der Waals surface area contributed by atoms with E-state index in [1.165, 1.54) is 6.20 Å². The summed E-state index contributed by atoms with van der Waals surface area (Å²) < 4.78 is 5.03. The Bertz CT molecular complexity index is 443. The van der Waals surface area contributed by atoms with Gasteiger partial charge in [0.05, 0.1) is 18.0 Å². The number of hydrogen-bond donors (Lipinski definition) is 1. The zero-order chi connectivity index (χ0) is 11.4. The van der Waals surface area contributed by atoms with Crippen LogP contribution in [0.2, 0.25) is 0 Å². The molecule has 16 heavy (non-hydrogen) atoms. The summed E-state index contributed by atoms with van der Waals surface area (Å²) >= 11 is 0. The fourth-order valence-corrected chi connectivity index (χ4v) is 1.31. The lowest BCUT2D eigenvalue weighted by Crippen LogP contribution is -1.98. The van der Waals surface area contributed by atoms with Gasteiger partial charge in [-0.05, 0) is 12.5 Å². The van der Waals surface area contributed by atoms with Crippen LogP contribution < -0.4 is 0 Å². The Hall–Kier alpha value is -1.82. The van der Waals surface area contributed by atoms with Crippen LogP contribution in [0.15, 0.2) is 23.0 Å². The van der Waals surface area contributed by atoms with Crippen LogP contribution in [0.5, 0.6) is 0 Å². The third kappa shape index (κ3) is 2.22. The van der Waals surface area contributed by atoms with Crippen LogP contribution in [-0.2, 0) is 0 Å². The summed E-state index contributed by atoms with van der Waals surface area (Å²) in [4.78, 5) is 4.10. The molecule has 2 aromatic rings. The molecule has 0 radical (unpaired) electrons. The van der Waals surface area contributed by atoms with Crippen molar-refractivity contribution < 1.29 is 9.63 Å². The van der Waals surface area contributed by atoms with Gasteiger partial charge in [0.2, 0.25) is 5.82 Å². The van der Waals surface area contributed by atoms with Crippen LogP contribution in [0.25, 0.3) is 11.5 Å². The van der Waals surface area contributed by atoms with E-state index < -0.39 is 6.10 Å². The second-order valence-electron chi connectivity index (χ2n) is 3.39. The molecule has 2 rings (SSSR count). The molecule has 6 heteroatoms. The molecule has 1 unspecified atom stereocenters. The first-order valence-corrected chi connectivity index (χ1v) is 5.10. The fraction of sp³-hybridized carbons (Fsp3) is 0.400. The molecule has 0 aliphatic carbocycles. The van der Waals surface area contributed by atoms with E-state index in [1.54, 1.807) is 12.3 Å². The zero-order valence-electron chi connectivity index (χ0n) is 8.87. The number of aromatic nitrogens is 4. The summed E-state index contributed by atoms with van der Waals surface area (Å²) in [6.07, 6.45) is 3.89. The van der Waals surface area contributed by atoms with Gasteiger partial charge in [0.1, 0.15) is 6.10 Å². The third-order valence-electron chi connectivity index (χ3n) is 2.13. The Morgan fingerprint density at radius 3 is 3.00 bits per heavy atom. The summed E-state index contributed by atoms with van der Waals surface area (Å²) in [5.74, 6) is 0.661. The van der Waals surface area contributed by atoms with Gasteiger partial charge >= 0.3 is 0 Å². The lowest BCUT2D eigenvalue weighted by Gasteiger charge is -2.01. The first kappa shape index (κ1) is 10.7. The Morgan fingerprint density at radius 1 is 1.44 bits per heavy atom. The van der Waals surface area contributed by atoms with Crippen LogP contribution in [0.3, 0.4) is 0 Å². The van der Waals surface area contributed by atoms with E-state index >= 15 is 0 Å². The maximum absolute atomic E-state index is 9.67. The number of rotatable bonds is 4. The number of aliphatic hydroxyl groups is 1. The topological polar surface area (TPSA) is 84.9 Å². The molecule has 84 valence electrons. The summed E-state index contributed by atoms with van der Waals surface area (Å²) in [5, 5.41) is 20.8. The summed E-state index contributed by atoms with van der Waals surface area (Å²) in [6.45, 7) is 1.98. The highest BCUT2D eigenvalue weighted by Gasteiger charge is 2.15. The molecular weight excluding hydrogens is 208 g/mol. The lowest BCUT2D eigenvalue weighted by atomic mass is 10.2. The van der Waals surface area contributed by atoms with Crippen molar-refractivity contribution >= 4 is 0 Å². The molecule has 0 saturated carbocycles. The Kier molecular flexibility index (Phi) is 3.21. The minimum Gasteiger partial charge on any atom is -0.385 e. The number of aliphatic hydroxyl groups excluding tert-OH is 1.